The number of carbonyl (C=O) groups is 2. The van der Waals surface area contributed by atoms with Crippen LogP contribution < -0.4 is 19.1 Å². The molecule has 0 aromatic heterocycles. The van der Waals surface area contributed by atoms with Gasteiger partial charge in [-0.3, -0.25) is 13.9 Å². The Morgan fingerprint density at radius 2 is 1.75 bits per heavy atom. The van der Waals surface area contributed by atoms with Gasteiger partial charge in [-0.25, -0.2) is 8.42 Å². The Balaban J connectivity index is 1.99. The number of nitrogens with one attached hydrogen (secondary N) is 1. The van der Waals surface area contributed by atoms with E-state index < -0.39 is 28.5 Å². The van der Waals surface area contributed by atoms with Crippen LogP contribution >= 0.6 is 11.6 Å². The summed E-state index contributed by atoms with van der Waals surface area (Å²) < 4.78 is 38.4. The van der Waals surface area contributed by atoms with Crippen molar-refractivity contribution in [3.8, 4) is 11.5 Å². The van der Waals surface area contributed by atoms with Gasteiger partial charge in [-0.15, -0.1) is 0 Å². The molecule has 1 aliphatic rings. The molecule has 1 N–H and O–H groups in total. The summed E-state index contributed by atoms with van der Waals surface area (Å²) in [6.45, 7) is 5.80. The molecular weight excluding hydrogens is 506 g/mol. The van der Waals surface area contributed by atoms with Gasteiger partial charge in [0, 0.05) is 24.2 Å². The van der Waals surface area contributed by atoms with Crippen molar-refractivity contribution in [2.75, 3.05) is 36.4 Å². The molecule has 9 nitrogen and oxygen atoms in total. The zero-order chi connectivity index (χ0) is 26.3. The lowest BCUT2D eigenvalue weighted by molar-refractivity contribution is -0.140. The van der Waals surface area contributed by atoms with Crippen molar-refractivity contribution in [2.45, 2.75) is 39.8 Å². The number of carbonyl (C=O) groups excluding carboxylic acids is 2. The number of likely N-dealkylation sites (N-methyl/N-ethyl adjacent to an activating group) is 1. The SMILES string of the molecule is CCNC(=O)[C@H](CC)N(Cc1ccccc1Cl)C(=O)CN(c1ccc2c(c1)OCCO2)S(=O)(=O)CC. The van der Waals surface area contributed by atoms with Crippen molar-refractivity contribution >= 4 is 39.1 Å². The second-order valence-electron chi connectivity index (χ2n) is 8.17. The maximum atomic E-state index is 13.7. The van der Waals surface area contributed by atoms with Crippen LogP contribution in [0.3, 0.4) is 0 Å². The highest BCUT2D eigenvalue weighted by Crippen LogP contribution is 2.35. The highest BCUT2D eigenvalue weighted by atomic mass is 35.5. The molecule has 2 aromatic rings. The number of sulfonamides is 1. The predicted octanol–water partition coefficient (Wildman–Crippen LogP) is 3.21. The van der Waals surface area contributed by atoms with Crippen LogP contribution in [-0.4, -0.2) is 63.2 Å². The average Bonchev–Trinajstić information content (AvgIpc) is 2.87. The molecule has 1 heterocycles. The molecule has 11 heteroatoms. The Kier molecular flexibility index (Phi) is 9.44. The largest absolute Gasteiger partial charge is 0.486 e. The first-order chi connectivity index (χ1) is 17.2. The molecule has 3 rings (SSSR count). The highest BCUT2D eigenvalue weighted by Gasteiger charge is 2.33. The molecule has 0 saturated carbocycles. The minimum atomic E-state index is -3.85. The van der Waals surface area contributed by atoms with Gasteiger partial charge < -0.3 is 19.7 Å². The Labute approximate surface area is 217 Å². The van der Waals surface area contributed by atoms with E-state index in [0.29, 0.717) is 48.3 Å². The molecule has 0 saturated heterocycles. The maximum absolute atomic E-state index is 13.7. The number of anilines is 1. The summed E-state index contributed by atoms with van der Waals surface area (Å²) in [5, 5.41) is 3.21. The zero-order valence-electron chi connectivity index (χ0n) is 20.7. The van der Waals surface area contributed by atoms with E-state index in [2.05, 4.69) is 5.32 Å². The van der Waals surface area contributed by atoms with Crippen LogP contribution in [0.1, 0.15) is 32.8 Å². The van der Waals surface area contributed by atoms with Crippen molar-refractivity contribution in [3.63, 3.8) is 0 Å². The maximum Gasteiger partial charge on any atom is 0.244 e. The van der Waals surface area contributed by atoms with Crippen molar-refractivity contribution in [1.29, 1.82) is 0 Å². The Morgan fingerprint density at radius 3 is 2.39 bits per heavy atom. The van der Waals surface area contributed by atoms with Gasteiger partial charge in [0.05, 0.1) is 11.4 Å². The first-order valence-electron chi connectivity index (χ1n) is 11.9. The summed E-state index contributed by atoms with van der Waals surface area (Å²) in [7, 11) is -3.85. The van der Waals surface area contributed by atoms with Crippen molar-refractivity contribution < 1.29 is 27.5 Å². The van der Waals surface area contributed by atoms with E-state index in [9.17, 15) is 18.0 Å². The standard InChI is InChI=1S/C25H32ClN3O6S/c1-4-21(25(31)27-5-2)28(16-18-9-7-8-10-20(18)26)24(30)17-29(36(32,33)6-3)19-11-12-22-23(15-19)35-14-13-34-22/h7-12,15,21H,4-6,13-14,16-17H2,1-3H3,(H,27,31)/t21-/m0/s1. The van der Waals surface area contributed by atoms with Crippen molar-refractivity contribution in [3.05, 3.63) is 53.1 Å². The summed E-state index contributed by atoms with van der Waals surface area (Å²) in [6.07, 6.45) is 0.340. The normalized spacial score (nSPS) is 13.6. The lowest BCUT2D eigenvalue weighted by Gasteiger charge is -2.33. The summed E-state index contributed by atoms with van der Waals surface area (Å²) in [6, 6.07) is 11.0. The topological polar surface area (TPSA) is 105 Å². The van der Waals surface area contributed by atoms with Crippen LogP contribution in [-0.2, 0) is 26.2 Å². The molecule has 196 valence electrons. The number of rotatable bonds is 11. The van der Waals surface area contributed by atoms with Gasteiger partial charge in [0.25, 0.3) is 0 Å². The smallest absolute Gasteiger partial charge is 0.244 e. The average molecular weight is 538 g/mol. The van der Waals surface area contributed by atoms with Gasteiger partial charge in [-0.2, -0.15) is 0 Å². The molecule has 0 unspecified atom stereocenters. The Bertz CT molecular complexity index is 1190. The van der Waals surface area contributed by atoms with E-state index in [1.807, 2.05) is 0 Å². The molecule has 0 bridgehead atoms. The fraction of sp³-hybridized carbons (Fsp3) is 0.440. The van der Waals surface area contributed by atoms with Crippen LogP contribution in [0.5, 0.6) is 11.5 Å². The first-order valence-corrected chi connectivity index (χ1v) is 13.9. The quantitative estimate of drug-likeness (QED) is 0.472. The number of halogens is 1. The predicted molar refractivity (Wildman–Crippen MR) is 139 cm³/mol. The van der Waals surface area contributed by atoms with E-state index in [4.69, 9.17) is 21.1 Å². The summed E-state index contributed by atoms with van der Waals surface area (Å²) in [5.74, 6) is -0.145. The van der Waals surface area contributed by atoms with Gasteiger partial charge in [0.2, 0.25) is 21.8 Å². The number of benzene rings is 2. The third kappa shape index (κ3) is 6.41. The van der Waals surface area contributed by atoms with Crippen LogP contribution in [0.2, 0.25) is 5.02 Å². The van der Waals surface area contributed by atoms with Gasteiger partial charge in [-0.05, 0) is 44.0 Å². The van der Waals surface area contributed by atoms with E-state index in [1.165, 1.54) is 11.8 Å². The monoisotopic (exact) mass is 537 g/mol. The summed E-state index contributed by atoms with van der Waals surface area (Å²) in [5.41, 5.74) is 0.928. The molecule has 2 amide bonds. The Hall–Kier alpha value is -2.98. The van der Waals surface area contributed by atoms with Gasteiger partial charge in [0.1, 0.15) is 25.8 Å². The molecule has 0 radical (unpaired) electrons. The van der Waals surface area contributed by atoms with Crippen molar-refractivity contribution in [1.82, 2.24) is 10.2 Å². The number of fused-ring (bicyclic) bond motifs is 1. The molecule has 2 aromatic carbocycles. The van der Waals surface area contributed by atoms with Crippen molar-refractivity contribution in [2.24, 2.45) is 0 Å². The summed E-state index contributed by atoms with van der Waals surface area (Å²) in [4.78, 5) is 28.0. The fourth-order valence-corrected chi connectivity index (χ4v) is 5.18. The minimum absolute atomic E-state index is 0.0509. The molecule has 0 spiro atoms. The van der Waals surface area contributed by atoms with E-state index >= 15 is 0 Å². The second-order valence-corrected chi connectivity index (χ2v) is 10.8. The van der Waals surface area contributed by atoms with Crippen LogP contribution in [0, 0.1) is 0 Å². The third-order valence-corrected chi connectivity index (χ3v) is 7.94. The molecule has 0 fully saturated rings. The number of nitrogens with zero attached hydrogens (tertiary/aromatic N) is 2. The fourth-order valence-electron chi connectivity index (χ4n) is 3.93. The number of ether oxygens (including phenoxy) is 2. The van der Waals surface area contributed by atoms with E-state index in [1.54, 1.807) is 56.3 Å². The highest BCUT2D eigenvalue weighted by molar-refractivity contribution is 7.92. The third-order valence-electron chi connectivity index (χ3n) is 5.83. The molecular formula is C25H32ClN3O6S. The lowest BCUT2D eigenvalue weighted by atomic mass is 10.1. The second kappa shape index (κ2) is 12.3. The first kappa shape index (κ1) is 27.6. The Morgan fingerprint density at radius 1 is 1.06 bits per heavy atom. The summed E-state index contributed by atoms with van der Waals surface area (Å²) >= 11 is 6.36. The van der Waals surface area contributed by atoms with Crippen LogP contribution in [0.4, 0.5) is 5.69 Å². The lowest BCUT2D eigenvalue weighted by Crippen LogP contribution is -2.52. The molecule has 1 atom stereocenters. The van der Waals surface area contributed by atoms with Gasteiger partial charge in [0.15, 0.2) is 11.5 Å². The molecule has 1 aliphatic heterocycles. The number of hydrogen-bond donors (Lipinski definition) is 1. The zero-order valence-corrected chi connectivity index (χ0v) is 22.3. The minimum Gasteiger partial charge on any atom is -0.486 e. The molecule has 0 aliphatic carbocycles. The van der Waals surface area contributed by atoms with Crippen LogP contribution in [0.15, 0.2) is 42.5 Å². The van der Waals surface area contributed by atoms with E-state index in [0.717, 1.165) is 4.31 Å². The number of amides is 2. The number of hydrogen-bond acceptors (Lipinski definition) is 6. The van der Waals surface area contributed by atoms with Crippen LogP contribution in [0.25, 0.3) is 0 Å². The molecule has 36 heavy (non-hydrogen) atoms. The van der Waals surface area contributed by atoms with Gasteiger partial charge in [-0.1, -0.05) is 36.7 Å². The van der Waals surface area contributed by atoms with E-state index in [-0.39, 0.29) is 23.9 Å². The van der Waals surface area contributed by atoms with Gasteiger partial charge >= 0.3 is 0 Å².